The molecule has 0 fully saturated rings. The van der Waals surface area contributed by atoms with Gasteiger partial charge >= 0.3 is 5.97 Å². The maximum atomic E-state index is 12.8. The van der Waals surface area contributed by atoms with E-state index in [4.69, 9.17) is 9.47 Å². The highest BCUT2D eigenvalue weighted by molar-refractivity contribution is 6.01. The van der Waals surface area contributed by atoms with Crippen molar-refractivity contribution in [3.63, 3.8) is 0 Å². The number of amides is 2. The predicted molar refractivity (Wildman–Crippen MR) is 90.3 cm³/mol. The van der Waals surface area contributed by atoms with E-state index in [2.05, 4.69) is 5.32 Å². The third kappa shape index (κ3) is 4.15. The normalized spacial score (nSPS) is 12.8. The van der Waals surface area contributed by atoms with Gasteiger partial charge in [0.15, 0.2) is 13.2 Å². The molecule has 0 unspecified atom stereocenters. The Morgan fingerprint density at radius 2 is 1.88 bits per heavy atom. The first kappa shape index (κ1) is 17.4. The van der Waals surface area contributed by atoms with E-state index in [1.54, 1.807) is 24.3 Å². The molecule has 0 bridgehead atoms. The van der Waals surface area contributed by atoms with Crippen molar-refractivity contribution in [2.24, 2.45) is 0 Å². The lowest BCUT2D eigenvalue weighted by Gasteiger charge is -2.28. The van der Waals surface area contributed by atoms with E-state index in [0.29, 0.717) is 17.1 Å². The zero-order chi connectivity index (χ0) is 18.5. The van der Waals surface area contributed by atoms with Gasteiger partial charge in [-0.05, 0) is 36.4 Å². The molecule has 0 spiro atoms. The SMILES string of the molecule is O=C(COC(=O)CN1C(=O)COc2ccccc21)Nc1ccc(F)cc1. The summed E-state index contributed by atoms with van der Waals surface area (Å²) in [6.45, 7) is -1.02. The molecule has 1 aliphatic rings. The number of nitrogens with one attached hydrogen (secondary N) is 1. The number of carbonyl (C=O) groups is 3. The van der Waals surface area contributed by atoms with Gasteiger partial charge in [0.2, 0.25) is 0 Å². The molecule has 0 saturated heterocycles. The lowest BCUT2D eigenvalue weighted by atomic mass is 10.2. The van der Waals surface area contributed by atoms with Crippen molar-refractivity contribution in [3.8, 4) is 5.75 Å². The summed E-state index contributed by atoms with van der Waals surface area (Å²) >= 11 is 0. The number of esters is 1. The Balaban J connectivity index is 1.53. The van der Waals surface area contributed by atoms with Crippen molar-refractivity contribution in [1.29, 1.82) is 0 Å². The van der Waals surface area contributed by atoms with Gasteiger partial charge in [-0.3, -0.25) is 19.3 Å². The first-order valence-corrected chi connectivity index (χ1v) is 7.76. The maximum Gasteiger partial charge on any atom is 0.326 e. The standard InChI is InChI=1S/C18H15FN2O5/c19-12-5-7-13(8-6-12)20-16(22)10-26-18(24)9-21-14-3-1-2-4-15(14)25-11-17(21)23/h1-8H,9-11H2,(H,20,22). The van der Waals surface area contributed by atoms with E-state index in [-0.39, 0.29) is 19.1 Å². The number of hydrogen-bond donors (Lipinski definition) is 1. The molecule has 134 valence electrons. The van der Waals surface area contributed by atoms with Crippen LogP contribution >= 0.6 is 0 Å². The Morgan fingerprint density at radius 3 is 2.65 bits per heavy atom. The largest absolute Gasteiger partial charge is 0.482 e. The third-order valence-electron chi connectivity index (χ3n) is 3.59. The lowest BCUT2D eigenvalue weighted by molar-refractivity contribution is -0.146. The summed E-state index contributed by atoms with van der Waals surface area (Å²) in [7, 11) is 0. The average molecular weight is 358 g/mol. The fraction of sp³-hybridized carbons (Fsp3) is 0.167. The number of fused-ring (bicyclic) bond motifs is 1. The summed E-state index contributed by atoms with van der Waals surface area (Å²) in [5.74, 6) is -1.61. The number of para-hydroxylation sites is 2. The highest BCUT2D eigenvalue weighted by atomic mass is 19.1. The predicted octanol–water partition coefficient (Wildman–Crippen LogP) is 1.73. The zero-order valence-electron chi connectivity index (χ0n) is 13.6. The molecular formula is C18H15FN2O5. The Labute approximate surface area is 148 Å². The smallest absolute Gasteiger partial charge is 0.326 e. The molecule has 2 amide bonds. The van der Waals surface area contributed by atoms with E-state index in [1.165, 1.54) is 29.2 Å². The molecule has 1 N–H and O–H groups in total. The number of rotatable bonds is 5. The summed E-state index contributed by atoms with van der Waals surface area (Å²) < 4.78 is 23.0. The van der Waals surface area contributed by atoms with Gasteiger partial charge in [0.1, 0.15) is 18.1 Å². The van der Waals surface area contributed by atoms with Crippen LogP contribution in [0.2, 0.25) is 0 Å². The molecule has 0 atom stereocenters. The lowest BCUT2D eigenvalue weighted by Crippen LogP contribution is -2.42. The Kier molecular flexibility index (Phi) is 5.12. The number of hydrogen-bond acceptors (Lipinski definition) is 5. The van der Waals surface area contributed by atoms with Crippen LogP contribution in [-0.4, -0.2) is 37.5 Å². The van der Waals surface area contributed by atoms with Crippen molar-refractivity contribution in [3.05, 3.63) is 54.3 Å². The zero-order valence-corrected chi connectivity index (χ0v) is 13.6. The fourth-order valence-electron chi connectivity index (χ4n) is 2.38. The highest BCUT2D eigenvalue weighted by Crippen LogP contribution is 2.31. The van der Waals surface area contributed by atoms with E-state index in [9.17, 15) is 18.8 Å². The number of nitrogens with zero attached hydrogens (tertiary/aromatic N) is 1. The quantitative estimate of drug-likeness (QED) is 0.823. The first-order chi connectivity index (χ1) is 12.5. The molecule has 0 radical (unpaired) electrons. The van der Waals surface area contributed by atoms with Gasteiger partial charge in [0.25, 0.3) is 11.8 Å². The van der Waals surface area contributed by atoms with Crippen LogP contribution in [0.15, 0.2) is 48.5 Å². The summed E-state index contributed by atoms with van der Waals surface area (Å²) in [5.41, 5.74) is 0.848. The number of anilines is 2. The van der Waals surface area contributed by atoms with Crippen molar-refractivity contribution in [2.75, 3.05) is 30.0 Å². The minimum atomic E-state index is -0.732. The number of halogens is 1. The maximum absolute atomic E-state index is 12.8. The number of carbonyl (C=O) groups excluding carboxylic acids is 3. The van der Waals surface area contributed by atoms with Gasteiger partial charge in [-0.2, -0.15) is 0 Å². The highest BCUT2D eigenvalue weighted by Gasteiger charge is 2.27. The summed E-state index contributed by atoms with van der Waals surface area (Å²) in [6.07, 6.45) is 0. The van der Waals surface area contributed by atoms with Crippen molar-refractivity contribution in [1.82, 2.24) is 0 Å². The van der Waals surface area contributed by atoms with Crippen molar-refractivity contribution in [2.45, 2.75) is 0 Å². The van der Waals surface area contributed by atoms with Gasteiger partial charge in [-0.25, -0.2) is 4.39 Å². The Hall–Kier alpha value is -3.42. The molecular weight excluding hydrogens is 343 g/mol. The summed E-state index contributed by atoms with van der Waals surface area (Å²) in [5, 5.41) is 2.47. The molecule has 1 heterocycles. The van der Waals surface area contributed by atoms with Gasteiger partial charge in [0.05, 0.1) is 5.69 Å². The van der Waals surface area contributed by atoms with Crippen LogP contribution in [0.25, 0.3) is 0 Å². The average Bonchev–Trinajstić information content (AvgIpc) is 2.64. The van der Waals surface area contributed by atoms with Crippen LogP contribution in [0.4, 0.5) is 15.8 Å². The van der Waals surface area contributed by atoms with Crippen LogP contribution in [0.5, 0.6) is 5.75 Å². The molecule has 1 aliphatic heterocycles. The fourth-order valence-corrected chi connectivity index (χ4v) is 2.38. The topological polar surface area (TPSA) is 84.9 Å². The third-order valence-corrected chi connectivity index (χ3v) is 3.59. The van der Waals surface area contributed by atoms with Crippen molar-refractivity contribution >= 4 is 29.2 Å². The van der Waals surface area contributed by atoms with Gasteiger partial charge in [-0.15, -0.1) is 0 Å². The van der Waals surface area contributed by atoms with E-state index in [1.807, 2.05) is 0 Å². The van der Waals surface area contributed by atoms with Crippen LogP contribution in [0.3, 0.4) is 0 Å². The van der Waals surface area contributed by atoms with Gasteiger partial charge in [-0.1, -0.05) is 12.1 Å². The second kappa shape index (κ2) is 7.64. The van der Waals surface area contributed by atoms with E-state index >= 15 is 0 Å². The molecule has 0 aromatic heterocycles. The molecule has 8 heteroatoms. The minimum Gasteiger partial charge on any atom is -0.482 e. The second-order valence-corrected chi connectivity index (χ2v) is 5.45. The molecule has 2 aromatic rings. The molecule has 0 saturated carbocycles. The molecule has 2 aromatic carbocycles. The Morgan fingerprint density at radius 1 is 1.15 bits per heavy atom. The summed E-state index contributed by atoms with van der Waals surface area (Å²) in [6, 6.07) is 12.0. The Bertz CT molecular complexity index is 838. The molecule has 3 rings (SSSR count). The number of benzene rings is 2. The second-order valence-electron chi connectivity index (χ2n) is 5.45. The summed E-state index contributed by atoms with van der Waals surface area (Å²) in [4.78, 5) is 37.0. The van der Waals surface area contributed by atoms with Crippen LogP contribution in [0.1, 0.15) is 0 Å². The van der Waals surface area contributed by atoms with E-state index in [0.717, 1.165) is 0 Å². The van der Waals surface area contributed by atoms with Crippen LogP contribution in [-0.2, 0) is 19.1 Å². The first-order valence-electron chi connectivity index (χ1n) is 7.76. The molecule has 7 nitrogen and oxygen atoms in total. The number of ether oxygens (including phenoxy) is 2. The molecule has 26 heavy (non-hydrogen) atoms. The molecule has 0 aliphatic carbocycles. The van der Waals surface area contributed by atoms with Crippen molar-refractivity contribution < 1.29 is 28.2 Å². The van der Waals surface area contributed by atoms with Crippen LogP contribution < -0.4 is 15.0 Å². The van der Waals surface area contributed by atoms with Gasteiger partial charge in [0, 0.05) is 5.69 Å². The monoisotopic (exact) mass is 358 g/mol. The van der Waals surface area contributed by atoms with Crippen LogP contribution in [0, 0.1) is 5.82 Å². The minimum absolute atomic E-state index is 0.171. The van der Waals surface area contributed by atoms with Gasteiger partial charge < -0.3 is 14.8 Å². The van der Waals surface area contributed by atoms with E-state index < -0.39 is 24.3 Å².